The number of hydrogen-bond donors (Lipinski definition) is 2. The van der Waals surface area contributed by atoms with Crippen LogP contribution in [0.1, 0.15) is 13.3 Å². The maximum Gasteiger partial charge on any atom is 0.323 e. The van der Waals surface area contributed by atoms with Crippen LogP contribution in [0, 0.1) is 0 Å². The van der Waals surface area contributed by atoms with Gasteiger partial charge in [0.1, 0.15) is 6.54 Å². The molecule has 2 N–H and O–H groups in total. The molecule has 1 saturated heterocycles. The first-order valence-electron chi connectivity index (χ1n) is 6.54. The molecule has 0 bridgehead atoms. The van der Waals surface area contributed by atoms with Crippen molar-refractivity contribution in [2.75, 3.05) is 24.7 Å². The largest absolute Gasteiger partial charge is 0.480 e. The van der Waals surface area contributed by atoms with Crippen molar-refractivity contribution in [2.24, 2.45) is 0 Å². The average molecular weight is 313 g/mol. The summed E-state index contributed by atoms with van der Waals surface area (Å²) in [6.07, 6.45) is 0.690. The number of nitrogens with zero attached hydrogens (tertiary/aromatic N) is 1. The average Bonchev–Trinajstić information content (AvgIpc) is 2.82. The molecule has 0 aliphatic carbocycles. The Hall–Kier alpha value is -1.79. The second-order valence-electron chi connectivity index (χ2n) is 5.25. The number of nitrogens with one attached hydrogen (secondary N) is 1. The molecule has 7 heteroatoms. The number of benzene rings is 1. The number of halogens is 1. The minimum Gasteiger partial charge on any atom is -0.480 e. The molecule has 0 radical (unpaired) electrons. The predicted molar refractivity (Wildman–Crippen MR) is 78.8 cm³/mol. The highest BCUT2D eigenvalue weighted by molar-refractivity contribution is 6.30. The number of carbonyl (C=O) groups excluding carboxylic acids is 1. The van der Waals surface area contributed by atoms with Crippen molar-refractivity contribution in [1.29, 1.82) is 0 Å². The van der Waals surface area contributed by atoms with E-state index in [2.05, 4.69) is 5.32 Å². The number of urea groups is 1. The standard InChI is InChI=1S/C14H17ClN2O4/c1-14(5-6-21-9-14)16-13(20)17(8-12(18)19)11-4-2-3-10(15)7-11/h2-4,7H,5-6,8-9H2,1H3,(H,16,20)(H,18,19). The van der Waals surface area contributed by atoms with Crippen LogP contribution in [0.3, 0.4) is 0 Å². The molecule has 1 heterocycles. The SMILES string of the molecule is CC1(NC(=O)N(CC(=O)O)c2cccc(Cl)c2)CCOC1. The highest BCUT2D eigenvalue weighted by atomic mass is 35.5. The number of anilines is 1. The van der Waals surface area contributed by atoms with Crippen LogP contribution < -0.4 is 10.2 Å². The minimum atomic E-state index is -1.10. The van der Waals surface area contributed by atoms with Gasteiger partial charge < -0.3 is 15.2 Å². The first-order valence-corrected chi connectivity index (χ1v) is 6.92. The van der Waals surface area contributed by atoms with Gasteiger partial charge in [0.25, 0.3) is 0 Å². The zero-order valence-corrected chi connectivity index (χ0v) is 12.4. The van der Waals surface area contributed by atoms with Crippen molar-refractivity contribution in [3.05, 3.63) is 29.3 Å². The van der Waals surface area contributed by atoms with Crippen molar-refractivity contribution in [3.63, 3.8) is 0 Å². The molecule has 1 aromatic carbocycles. The molecular formula is C14H17ClN2O4. The number of carboxylic acid groups (broad SMARTS) is 1. The van der Waals surface area contributed by atoms with E-state index in [1.165, 1.54) is 0 Å². The van der Waals surface area contributed by atoms with Crippen LogP contribution in [0.15, 0.2) is 24.3 Å². The summed E-state index contributed by atoms with van der Waals surface area (Å²) in [5, 5.41) is 12.3. The quantitative estimate of drug-likeness (QED) is 0.892. The Morgan fingerprint density at radius 3 is 2.86 bits per heavy atom. The molecule has 1 atom stereocenters. The highest BCUT2D eigenvalue weighted by Crippen LogP contribution is 2.22. The lowest BCUT2D eigenvalue weighted by atomic mass is 10.0. The first kappa shape index (κ1) is 15.6. The van der Waals surface area contributed by atoms with Crippen molar-refractivity contribution < 1.29 is 19.4 Å². The van der Waals surface area contributed by atoms with Gasteiger partial charge in [-0.05, 0) is 31.5 Å². The van der Waals surface area contributed by atoms with E-state index in [4.69, 9.17) is 21.4 Å². The Kier molecular flexibility index (Phi) is 4.69. The molecule has 114 valence electrons. The number of carboxylic acids is 1. The molecule has 0 aromatic heterocycles. The molecule has 21 heavy (non-hydrogen) atoms. The third-order valence-corrected chi connectivity index (χ3v) is 3.52. The van der Waals surface area contributed by atoms with Crippen molar-refractivity contribution in [1.82, 2.24) is 5.32 Å². The number of amides is 2. The van der Waals surface area contributed by atoms with Crippen molar-refractivity contribution in [2.45, 2.75) is 18.9 Å². The number of aliphatic carboxylic acids is 1. The lowest BCUT2D eigenvalue weighted by Gasteiger charge is -2.29. The minimum absolute atomic E-state index is 0.412. The van der Waals surface area contributed by atoms with Crippen LogP contribution in [0.5, 0.6) is 0 Å². The molecule has 1 aliphatic rings. The lowest BCUT2D eigenvalue weighted by Crippen LogP contribution is -2.53. The topological polar surface area (TPSA) is 78.9 Å². The molecule has 1 aliphatic heterocycles. The molecule has 1 unspecified atom stereocenters. The molecule has 1 aromatic rings. The summed E-state index contributed by atoms with van der Waals surface area (Å²) in [6, 6.07) is 6.04. The molecule has 6 nitrogen and oxygen atoms in total. The fraction of sp³-hybridized carbons (Fsp3) is 0.429. The summed E-state index contributed by atoms with van der Waals surface area (Å²) in [5.74, 6) is -1.10. The second-order valence-corrected chi connectivity index (χ2v) is 5.69. The van der Waals surface area contributed by atoms with Crippen LogP contribution in [0.25, 0.3) is 0 Å². The fourth-order valence-corrected chi connectivity index (χ4v) is 2.34. The summed E-state index contributed by atoms with van der Waals surface area (Å²) in [6.45, 7) is 2.42. The van der Waals surface area contributed by atoms with Gasteiger partial charge in [0, 0.05) is 17.3 Å². The van der Waals surface area contributed by atoms with Gasteiger partial charge in [0.05, 0.1) is 12.1 Å². The predicted octanol–water partition coefficient (Wildman–Crippen LogP) is 2.12. The highest BCUT2D eigenvalue weighted by Gasteiger charge is 2.33. The Morgan fingerprint density at radius 2 is 2.29 bits per heavy atom. The van der Waals surface area contributed by atoms with Crippen LogP contribution in [-0.4, -0.2) is 42.4 Å². The number of carbonyl (C=O) groups is 2. The molecular weight excluding hydrogens is 296 g/mol. The van der Waals surface area contributed by atoms with Crippen molar-refractivity contribution >= 4 is 29.3 Å². The van der Waals surface area contributed by atoms with Gasteiger partial charge in [-0.2, -0.15) is 0 Å². The molecule has 0 spiro atoms. The van der Waals surface area contributed by atoms with E-state index in [9.17, 15) is 9.59 Å². The molecule has 0 saturated carbocycles. The van der Waals surface area contributed by atoms with Gasteiger partial charge in [-0.1, -0.05) is 17.7 Å². The smallest absolute Gasteiger partial charge is 0.323 e. The third-order valence-electron chi connectivity index (χ3n) is 3.29. The van der Waals surface area contributed by atoms with E-state index in [0.717, 1.165) is 4.90 Å². The van der Waals surface area contributed by atoms with Crippen LogP contribution in [-0.2, 0) is 9.53 Å². The number of rotatable bonds is 4. The first-order chi connectivity index (χ1) is 9.89. The van der Waals surface area contributed by atoms with Gasteiger partial charge in [-0.15, -0.1) is 0 Å². The van der Waals surface area contributed by atoms with Gasteiger partial charge in [-0.25, -0.2) is 4.79 Å². The zero-order valence-electron chi connectivity index (χ0n) is 11.6. The van der Waals surface area contributed by atoms with E-state index in [1.54, 1.807) is 24.3 Å². The van der Waals surface area contributed by atoms with Gasteiger partial charge in [0.2, 0.25) is 0 Å². The molecule has 2 rings (SSSR count). The Balaban J connectivity index is 2.19. The van der Waals surface area contributed by atoms with E-state index >= 15 is 0 Å². The summed E-state index contributed by atoms with van der Waals surface area (Å²) >= 11 is 5.90. The lowest BCUT2D eigenvalue weighted by molar-refractivity contribution is -0.135. The zero-order chi connectivity index (χ0) is 15.5. The maximum absolute atomic E-state index is 12.4. The summed E-state index contributed by atoms with van der Waals surface area (Å²) in [7, 11) is 0. The molecule has 1 fully saturated rings. The van der Waals surface area contributed by atoms with Gasteiger partial charge in [0.15, 0.2) is 0 Å². The van der Waals surface area contributed by atoms with Crippen LogP contribution in [0.4, 0.5) is 10.5 Å². The monoisotopic (exact) mass is 312 g/mol. The van der Waals surface area contributed by atoms with Crippen molar-refractivity contribution in [3.8, 4) is 0 Å². The normalized spacial score (nSPS) is 21.0. The number of hydrogen-bond acceptors (Lipinski definition) is 3. The van der Waals surface area contributed by atoms with E-state index < -0.39 is 24.1 Å². The Bertz CT molecular complexity index is 544. The van der Waals surface area contributed by atoms with E-state index in [1.807, 2.05) is 6.92 Å². The Labute approximate surface area is 127 Å². The van der Waals surface area contributed by atoms with E-state index in [0.29, 0.717) is 30.3 Å². The van der Waals surface area contributed by atoms with Crippen LogP contribution >= 0.6 is 11.6 Å². The summed E-state index contributed by atoms with van der Waals surface area (Å²) in [4.78, 5) is 24.6. The third kappa shape index (κ3) is 4.09. The Morgan fingerprint density at radius 1 is 1.52 bits per heavy atom. The van der Waals surface area contributed by atoms with Crippen LogP contribution in [0.2, 0.25) is 5.02 Å². The second kappa shape index (κ2) is 6.32. The van der Waals surface area contributed by atoms with E-state index in [-0.39, 0.29) is 0 Å². The van der Waals surface area contributed by atoms with Gasteiger partial charge >= 0.3 is 12.0 Å². The summed E-state index contributed by atoms with van der Waals surface area (Å²) < 4.78 is 5.28. The fourth-order valence-electron chi connectivity index (χ4n) is 2.15. The summed E-state index contributed by atoms with van der Waals surface area (Å²) in [5.41, 5.74) is -0.0446. The van der Waals surface area contributed by atoms with Gasteiger partial charge in [-0.3, -0.25) is 9.69 Å². The number of ether oxygens (including phenoxy) is 1. The maximum atomic E-state index is 12.4. The molecule has 2 amide bonds.